The minimum absolute atomic E-state index is 0.0279. The summed E-state index contributed by atoms with van der Waals surface area (Å²) in [6.45, 7) is 31.3. The molecule has 1 aromatic heterocycles. The van der Waals surface area contributed by atoms with E-state index >= 15 is 0 Å². The standard InChI is InChI=1S/C68H73BN2S/c1-63(2,3)43-23-21-42-34-46(25-22-41(42)33-43)70-56-35-44(64(4,5)6)24-28-55(56)69-60-57(70)36-45(65(7,8)9)37-58(60)71(61-50-39-53-54(40-59(50)72-62(61)69)67(12,13)32-31-66(53,10)11)47-26-27-49-48-19-15-16-20-51(48)68(52(49)38-47)29-17-14-18-30-68/h15-16,19-28,33-40H,14,17-18,29-32H2,1-13H3. The summed E-state index contributed by atoms with van der Waals surface area (Å²) in [5, 5.41) is 3.97. The molecule has 72 heavy (non-hydrogen) atoms. The van der Waals surface area contributed by atoms with E-state index in [9.17, 15) is 0 Å². The van der Waals surface area contributed by atoms with Gasteiger partial charge in [0.15, 0.2) is 0 Å². The van der Waals surface area contributed by atoms with Crippen molar-refractivity contribution in [2.75, 3.05) is 9.80 Å². The highest BCUT2D eigenvalue weighted by Gasteiger charge is 2.49. The third-order valence-corrected chi connectivity index (χ3v) is 19.7. The van der Waals surface area contributed by atoms with Gasteiger partial charge in [-0.3, -0.25) is 0 Å². The van der Waals surface area contributed by atoms with Gasteiger partial charge < -0.3 is 9.80 Å². The Balaban J connectivity index is 1.14. The van der Waals surface area contributed by atoms with Crippen LogP contribution in [-0.4, -0.2) is 6.71 Å². The van der Waals surface area contributed by atoms with Crippen molar-refractivity contribution in [3.63, 3.8) is 0 Å². The Kier molecular flexibility index (Phi) is 9.79. The van der Waals surface area contributed by atoms with Crippen LogP contribution in [0.4, 0.5) is 34.1 Å². The topological polar surface area (TPSA) is 6.48 Å². The number of anilines is 6. The first-order chi connectivity index (χ1) is 34.0. The van der Waals surface area contributed by atoms with Gasteiger partial charge in [-0.1, -0.05) is 176 Å². The first-order valence-electron chi connectivity index (χ1n) is 27.4. The van der Waals surface area contributed by atoms with E-state index in [4.69, 9.17) is 0 Å². The van der Waals surface area contributed by atoms with Crippen molar-refractivity contribution in [2.24, 2.45) is 0 Å². The molecule has 1 fully saturated rings. The quantitative estimate of drug-likeness (QED) is 0.159. The minimum atomic E-state index is -0.115. The summed E-state index contributed by atoms with van der Waals surface area (Å²) in [4.78, 5) is 5.45. The maximum Gasteiger partial charge on any atom is 0.264 e. The van der Waals surface area contributed by atoms with E-state index in [0.29, 0.717) is 0 Å². The number of benzene rings is 7. The number of rotatable bonds is 2. The molecule has 8 aromatic rings. The van der Waals surface area contributed by atoms with Crippen LogP contribution in [0.15, 0.2) is 121 Å². The Morgan fingerprint density at radius 1 is 0.472 bits per heavy atom. The van der Waals surface area contributed by atoms with Crippen molar-refractivity contribution in [1.82, 2.24) is 0 Å². The van der Waals surface area contributed by atoms with E-state index in [-0.39, 0.29) is 39.2 Å². The van der Waals surface area contributed by atoms with Crippen molar-refractivity contribution in [3.8, 4) is 11.1 Å². The molecule has 0 amide bonds. The molecule has 0 unspecified atom stereocenters. The molecule has 0 atom stereocenters. The number of hydrogen-bond acceptors (Lipinski definition) is 3. The predicted octanol–water partition coefficient (Wildman–Crippen LogP) is 17.6. The first-order valence-corrected chi connectivity index (χ1v) is 28.2. The van der Waals surface area contributed by atoms with Crippen LogP contribution in [0.5, 0.6) is 0 Å². The van der Waals surface area contributed by atoms with Gasteiger partial charge in [0, 0.05) is 48.7 Å². The van der Waals surface area contributed by atoms with E-state index < -0.39 is 0 Å². The zero-order valence-corrected chi connectivity index (χ0v) is 46.2. The molecule has 0 radical (unpaired) electrons. The molecule has 4 heteroatoms. The van der Waals surface area contributed by atoms with Crippen molar-refractivity contribution < 1.29 is 0 Å². The van der Waals surface area contributed by atoms with Crippen LogP contribution in [0, 0.1) is 0 Å². The fourth-order valence-electron chi connectivity index (χ4n) is 14.1. The Morgan fingerprint density at radius 2 is 1.04 bits per heavy atom. The number of thiophene rings is 1. The normalized spacial score (nSPS) is 18.2. The molecular weight excluding hydrogens is 888 g/mol. The molecule has 13 rings (SSSR count). The Labute approximate surface area is 435 Å². The number of nitrogens with zero attached hydrogens (tertiary/aromatic N) is 2. The lowest BCUT2D eigenvalue weighted by Gasteiger charge is -2.45. The van der Waals surface area contributed by atoms with Crippen LogP contribution in [0.1, 0.15) is 174 Å². The smallest absolute Gasteiger partial charge is 0.264 e. The molecule has 1 spiro atoms. The SMILES string of the molecule is CC(C)(C)c1ccc2c(c1)N(c1ccc3cc(C(C)(C)C)ccc3c1)c1cc(C(C)(C)C)cc3c1B2c1sc2cc4c(cc2c1N3c1ccc2c(c1)C1(CCCCC1)c1ccccc1-2)C(C)(C)CCC4(C)C. The lowest BCUT2D eigenvalue weighted by molar-refractivity contribution is 0.332. The monoisotopic (exact) mass is 961 g/mol. The van der Waals surface area contributed by atoms with Gasteiger partial charge in [-0.25, -0.2) is 0 Å². The molecular formula is C68H73BN2S. The molecule has 0 bridgehead atoms. The van der Waals surface area contributed by atoms with E-state index in [1.807, 2.05) is 0 Å². The summed E-state index contributed by atoms with van der Waals surface area (Å²) in [5.74, 6) is 0. The lowest BCUT2D eigenvalue weighted by Crippen LogP contribution is -2.60. The summed E-state index contributed by atoms with van der Waals surface area (Å²) >= 11 is 2.07. The van der Waals surface area contributed by atoms with E-state index in [0.717, 1.165) is 0 Å². The highest BCUT2D eigenvalue weighted by Crippen LogP contribution is 2.59. The van der Waals surface area contributed by atoms with Gasteiger partial charge >= 0.3 is 0 Å². The van der Waals surface area contributed by atoms with Crippen LogP contribution in [-0.2, 0) is 32.5 Å². The Bertz CT molecular complexity index is 3590. The third kappa shape index (κ3) is 6.72. The average molecular weight is 961 g/mol. The van der Waals surface area contributed by atoms with Crippen LogP contribution in [0.3, 0.4) is 0 Å². The largest absolute Gasteiger partial charge is 0.311 e. The molecule has 0 N–H and O–H groups in total. The average Bonchev–Trinajstić information content (AvgIpc) is 3.83. The summed E-state index contributed by atoms with van der Waals surface area (Å²) in [6, 6.07) is 49.5. The molecule has 2 aliphatic heterocycles. The van der Waals surface area contributed by atoms with Crippen molar-refractivity contribution >= 4 is 88.7 Å². The zero-order chi connectivity index (χ0) is 50.2. The molecule has 7 aromatic carbocycles. The molecule has 2 nitrogen and oxygen atoms in total. The molecule has 5 aliphatic rings. The summed E-state index contributed by atoms with van der Waals surface area (Å²) in [7, 11) is 0. The van der Waals surface area contributed by atoms with Crippen molar-refractivity contribution in [1.29, 1.82) is 0 Å². The van der Waals surface area contributed by atoms with Gasteiger partial charge in [0.1, 0.15) is 0 Å². The summed E-state index contributed by atoms with van der Waals surface area (Å²) in [6.07, 6.45) is 8.70. The third-order valence-electron chi connectivity index (χ3n) is 18.5. The highest BCUT2D eigenvalue weighted by molar-refractivity contribution is 7.33. The van der Waals surface area contributed by atoms with Crippen molar-refractivity contribution in [2.45, 2.75) is 167 Å². The summed E-state index contributed by atoms with van der Waals surface area (Å²) in [5.41, 5.74) is 23.9. The van der Waals surface area contributed by atoms with Crippen LogP contribution < -0.4 is 25.5 Å². The molecule has 1 saturated carbocycles. The van der Waals surface area contributed by atoms with Crippen LogP contribution >= 0.6 is 11.3 Å². The second-order valence-electron chi connectivity index (χ2n) is 27.2. The fraction of sp³-hybridized carbons (Fsp3) is 0.382. The van der Waals surface area contributed by atoms with Gasteiger partial charge in [0.05, 0.1) is 5.69 Å². The molecule has 3 aliphatic carbocycles. The molecule has 3 heterocycles. The predicted molar refractivity (Wildman–Crippen MR) is 314 cm³/mol. The summed E-state index contributed by atoms with van der Waals surface area (Å²) < 4.78 is 2.88. The number of fused-ring (bicyclic) bond motifs is 13. The maximum atomic E-state index is 2.78. The minimum Gasteiger partial charge on any atom is -0.311 e. The zero-order valence-electron chi connectivity index (χ0n) is 45.4. The molecule has 0 saturated heterocycles. The highest BCUT2D eigenvalue weighted by atomic mass is 32.1. The lowest BCUT2D eigenvalue weighted by atomic mass is 9.36. The molecule has 364 valence electrons. The van der Waals surface area contributed by atoms with Gasteiger partial charge in [-0.05, 0) is 179 Å². The van der Waals surface area contributed by atoms with Gasteiger partial charge in [0.25, 0.3) is 6.71 Å². The Hall–Kier alpha value is -5.58. The van der Waals surface area contributed by atoms with Gasteiger partial charge in [-0.15, -0.1) is 11.3 Å². The second kappa shape index (κ2) is 15.3. The van der Waals surface area contributed by atoms with E-state index in [1.165, 1.54) is 160 Å². The van der Waals surface area contributed by atoms with Crippen molar-refractivity contribution in [3.05, 3.63) is 160 Å². The second-order valence-corrected chi connectivity index (χ2v) is 28.3. The van der Waals surface area contributed by atoms with E-state index in [2.05, 4.69) is 232 Å². The van der Waals surface area contributed by atoms with E-state index in [1.54, 1.807) is 5.56 Å². The van der Waals surface area contributed by atoms with Crippen LogP contribution in [0.25, 0.3) is 32.0 Å². The van der Waals surface area contributed by atoms with Gasteiger partial charge in [-0.2, -0.15) is 0 Å². The number of hydrogen-bond donors (Lipinski definition) is 0. The van der Waals surface area contributed by atoms with Gasteiger partial charge in [0.2, 0.25) is 0 Å². The maximum absolute atomic E-state index is 2.78. The van der Waals surface area contributed by atoms with Crippen LogP contribution in [0.2, 0.25) is 0 Å². The fourth-order valence-corrected chi connectivity index (χ4v) is 15.4. The Morgan fingerprint density at radius 3 is 1.75 bits per heavy atom. The first kappa shape index (κ1) is 46.2.